The standard InChI is InChI=1S/C17H17N9O7S3/c1-25-17(21-23-24-25)36-4-6-3-34-14-10(13(30)26(14)11(6)15(31)32)20-12(29)9(22-33-2-8(27)28)7-5-35-16(18)19-7/h5,10,14H,2-4H2,1H3,(H2,18,19)(H,20,29)(H,27,28)(H,31,32)/b22-9-/t10-,14-/m1/s1. The number of aliphatic carboxylic acids is 2. The Morgan fingerprint density at radius 3 is 2.78 bits per heavy atom. The maximum atomic E-state index is 12.9. The van der Waals surface area contributed by atoms with Crippen LogP contribution in [0, 0.1) is 0 Å². The first-order valence-electron chi connectivity index (χ1n) is 9.86. The van der Waals surface area contributed by atoms with Crippen molar-refractivity contribution >= 4 is 69.5 Å². The molecule has 190 valence electrons. The van der Waals surface area contributed by atoms with Crippen LogP contribution >= 0.6 is 34.9 Å². The number of carboxylic acids is 2. The molecule has 36 heavy (non-hydrogen) atoms. The lowest BCUT2D eigenvalue weighted by atomic mass is 10.0. The molecule has 0 aromatic carbocycles. The van der Waals surface area contributed by atoms with Crippen LogP contribution in [0.25, 0.3) is 0 Å². The number of rotatable bonds is 10. The lowest BCUT2D eigenvalue weighted by molar-refractivity contribution is -0.150. The Morgan fingerprint density at radius 2 is 2.17 bits per heavy atom. The zero-order valence-electron chi connectivity index (χ0n) is 18.2. The second-order valence-electron chi connectivity index (χ2n) is 7.17. The fourth-order valence-electron chi connectivity index (χ4n) is 3.25. The molecule has 5 N–H and O–H groups in total. The highest BCUT2D eigenvalue weighted by molar-refractivity contribution is 8.01. The monoisotopic (exact) mass is 555 g/mol. The number of nitrogens with one attached hydrogen (secondary N) is 1. The topological polar surface area (TPSA) is 228 Å². The molecular formula is C17H17N9O7S3. The van der Waals surface area contributed by atoms with E-state index in [0.717, 1.165) is 16.2 Å². The Balaban J connectivity index is 1.49. The van der Waals surface area contributed by atoms with Crippen molar-refractivity contribution in [2.24, 2.45) is 12.2 Å². The minimum atomic E-state index is -1.31. The van der Waals surface area contributed by atoms with Gasteiger partial charge in [0.15, 0.2) is 10.8 Å². The van der Waals surface area contributed by atoms with E-state index in [1.54, 1.807) is 7.05 Å². The highest BCUT2D eigenvalue weighted by Gasteiger charge is 2.54. The van der Waals surface area contributed by atoms with E-state index in [0.29, 0.717) is 16.5 Å². The fourth-order valence-corrected chi connectivity index (χ4v) is 6.13. The number of aromatic nitrogens is 5. The Bertz CT molecular complexity index is 1290. The summed E-state index contributed by atoms with van der Waals surface area (Å²) in [5, 5.41) is 37.1. The quantitative estimate of drug-likeness (QED) is 0.114. The van der Waals surface area contributed by atoms with Crippen molar-refractivity contribution in [2.45, 2.75) is 16.6 Å². The molecule has 2 aliphatic rings. The SMILES string of the molecule is Cn1nnnc1SCC1=C(C(=O)O)N2C(=O)[C@@H](NC(=O)/C(=N\OCC(=O)O)c3csc(N)n3)[C@H]2SC1. The number of β-lactam (4-membered cyclic amide) rings is 1. The summed E-state index contributed by atoms with van der Waals surface area (Å²) < 4.78 is 1.44. The van der Waals surface area contributed by atoms with E-state index in [1.165, 1.54) is 33.6 Å². The summed E-state index contributed by atoms with van der Waals surface area (Å²) in [6, 6.07) is -1.05. The van der Waals surface area contributed by atoms with Gasteiger partial charge in [0.1, 0.15) is 22.8 Å². The number of anilines is 1. The number of nitrogen functional groups attached to an aromatic ring is 1. The minimum absolute atomic E-state index is 0.0315. The summed E-state index contributed by atoms with van der Waals surface area (Å²) in [5.41, 5.74) is 5.63. The molecule has 2 aromatic heterocycles. The molecule has 1 fully saturated rings. The van der Waals surface area contributed by atoms with E-state index < -0.39 is 41.8 Å². The molecular weight excluding hydrogens is 538 g/mol. The van der Waals surface area contributed by atoms with Crippen molar-refractivity contribution in [1.29, 1.82) is 0 Å². The third-order valence-electron chi connectivity index (χ3n) is 4.82. The fraction of sp³-hybridized carbons (Fsp3) is 0.353. The number of carbonyl (C=O) groups is 4. The molecule has 0 bridgehead atoms. The summed E-state index contributed by atoms with van der Waals surface area (Å²) in [6.07, 6.45) is 0. The average molecular weight is 556 g/mol. The van der Waals surface area contributed by atoms with Gasteiger partial charge in [-0.3, -0.25) is 14.5 Å². The maximum absolute atomic E-state index is 12.9. The van der Waals surface area contributed by atoms with Gasteiger partial charge in [0, 0.05) is 23.9 Å². The average Bonchev–Trinajstić information content (AvgIpc) is 3.45. The molecule has 4 rings (SSSR count). The zero-order chi connectivity index (χ0) is 26.0. The number of carbonyl (C=O) groups excluding carboxylic acids is 2. The van der Waals surface area contributed by atoms with E-state index in [-0.39, 0.29) is 28.0 Å². The number of carboxylic acid groups (broad SMARTS) is 2. The molecule has 1 saturated heterocycles. The summed E-state index contributed by atoms with van der Waals surface area (Å²) in [7, 11) is 1.65. The number of hydrogen-bond acceptors (Lipinski definition) is 14. The number of fused-ring (bicyclic) bond motifs is 1. The van der Waals surface area contributed by atoms with Crippen LogP contribution < -0.4 is 11.1 Å². The van der Waals surface area contributed by atoms with Crippen LogP contribution in [0.1, 0.15) is 5.69 Å². The first-order chi connectivity index (χ1) is 17.2. The predicted molar refractivity (Wildman–Crippen MR) is 126 cm³/mol. The smallest absolute Gasteiger partial charge is 0.352 e. The molecule has 2 aliphatic heterocycles. The Labute approximate surface area is 213 Å². The van der Waals surface area contributed by atoms with Crippen LogP contribution in [0.15, 0.2) is 27.0 Å². The van der Waals surface area contributed by atoms with Gasteiger partial charge in [-0.1, -0.05) is 16.9 Å². The van der Waals surface area contributed by atoms with Crippen molar-refractivity contribution in [2.75, 3.05) is 23.8 Å². The highest BCUT2D eigenvalue weighted by atomic mass is 32.2. The molecule has 2 aromatic rings. The van der Waals surface area contributed by atoms with Crippen LogP contribution in [-0.2, 0) is 31.1 Å². The van der Waals surface area contributed by atoms with Gasteiger partial charge in [0.25, 0.3) is 11.8 Å². The highest BCUT2D eigenvalue weighted by Crippen LogP contribution is 2.41. The van der Waals surface area contributed by atoms with Gasteiger partial charge in [-0.15, -0.1) is 28.2 Å². The molecule has 16 nitrogen and oxygen atoms in total. The number of thioether (sulfide) groups is 2. The first kappa shape index (κ1) is 25.4. The third kappa shape index (κ3) is 5.11. The van der Waals surface area contributed by atoms with E-state index >= 15 is 0 Å². The largest absolute Gasteiger partial charge is 0.479 e. The molecule has 2 amide bonds. The molecule has 0 aliphatic carbocycles. The van der Waals surface area contributed by atoms with Gasteiger partial charge in [0.2, 0.25) is 11.8 Å². The lowest BCUT2D eigenvalue weighted by Gasteiger charge is -2.49. The summed E-state index contributed by atoms with van der Waals surface area (Å²) >= 11 is 3.54. The molecule has 0 unspecified atom stereocenters. The summed E-state index contributed by atoms with van der Waals surface area (Å²) in [4.78, 5) is 58.3. The van der Waals surface area contributed by atoms with Gasteiger partial charge in [-0.2, -0.15) is 0 Å². The number of nitrogens with two attached hydrogens (primary N) is 1. The van der Waals surface area contributed by atoms with E-state index in [2.05, 4.69) is 35.8 Å². The van der Waals surface area contributed by atoms with Crippen LogP contribution in [0.4, 0.5) is 5.13 Å². The van der Waals surface area contributed by atoms with E-state index in [1.807, 2.05) is 0 Å². The number of amides is 2. The predicted octanol–water partition coefficient (Wildman–Crippen LogP) is -1.41. The lowest BCUT2D eigenvalue weighted by Crippen LogP contribution is -2.71. The van der Waals surface area contributed by atoms with Crippen molar-refractivity contribution in [3.8, 4) is 0 Å². The molecule has 0 radical (unpaired) electrons. The molecule has 4 heterocycles. The number of tetrazole rings is 1. The Hall–Kier alpha value is -3.71. The molecule has 19 heteroatoms. The van der Waals surface area contributed by atoms with Crippen LogP contribution in [0.2, 0.25) is 0 Å². The number of hydrogen-bond donors (Lipinski definition) is 4. The third-order valence-corrected chi connectivity index (χ3v) is 7.93. The number of thiazole rings is 1. The minimum Gasteiger partial charge on any atom is -0.479 e. The van der Waals surface area contributed by atoms with Gasteiger partial charge in [0.05, 0.1) is 0 Å². The van der Waals surface area contributed by atoms with Crippen molar-refractivity contribution < 1.29 is 34.2 Å². The van der Waals surface area contributed by atoms with Gasteiger partial charge in [-0.25, -0.2) is 19.3 Å². The van der Waals surface area contributed by atoms with Crippen molar-refractivity contribution in [1.82, 2.24) is 35.4 Å². The molecule has 0 saturated carbocycles. The Kier molecular flexibility index (Phi) is 7.40. The van der Waals surface area contributed by atoms with Crippen LogP contribution in [0.3, 0.4) is 0 Å². The van der Waals surface area contributed by atoms with Crippen molar-refractivity contribution in [3.05, 3.63) is 22.3 Å². The number of oxime groups is 1. The summed E-state index contributed by atoms with van der Waals surface area (Å²) in [6.45, 7) is -0.803. The number of aryl methyl sites for hydroxylation is 1. The van der Waals surface area contributed by atoms with E-state index in [9.17, 15) is 24.3 Å². The van der Waals surface area contributed by atoms with Gasteiger partial charge in [-0.05, 0) is 16.0 Å². The van der Waals surface area contributed by atoms with Gasteiger partial charge >= 0.3 is 11.9 Å². The van der Waals surface area contributed by atoms with Crippen molar-refractivity contribution in [3.63, 3.8) is 0 Å². The van der Waals surface area contributed by atoms with E-state index in [4.69, 9.17) is 10.8 Å². The first-order valence-corrected chi connectivity index (χ1v) is 12.8. The normalized spacial score (nSPS) is 19.5. The summed E-state index contributed by atoms with van der Waals surface area (Å²) in [5.74, 6) is -3.51. The number of nitrogens with zero attached hydrogens (tertiary/aromatic N) is 7. The van der Waals surface area contributed by atoms with Gasteiger partial charge < -0.3 is 26.1 Å². The molecule has 0 spiro atoms. The second kappa shape index (κ2) is 10.5. The molecule has 2 atom stereocenters. The second-order valence-corrected chi connectivity index (χ2v) is 10.1. The van der Waals surface area contributed by atoms with Crippen LogP contribution in [-0.4, -0.2) is 99.3 Å². The zero-order valence-corrected chi connectivity index (χ0v) is 20.7. The van der Waals surface area contributed by atoms with Crippen LogP contribution in [0.5, 0.6) is 0 Å². The maximum Gasteiger partial charge on any atom is 0.352 e. The Morgan fingerprint density at radius 1 is 1.39 bits per heavy atom.